The highest BCUT2D eigenvalue weighted by molar-refractivity contribution is 5.18. The standard InChI is InChI=1S/C14H19F2NO2/c15-13-2-1-10(7-14(13)16)3-5-17-6-4-12(19)8-11(17)9-18/h1-2,7,11-12,18-19H,3-6,8-9H2. The van der Waals surface area contributed by atoms with E-state index in [1.807, 2.05) is 0 Å². The average Bonchev–Trinajstić information content (AvgIpc) is 2.41. The van der Waals surface area contributed by atoms with Crippen LogP contribution in [0, 0.1) is 11.6 Å². The summed E-state index contributed by atoms with van der Waals surface area (Å²) < 4.78 is 25.9. The molecule has 106 valence electrons. The van der Waals surface area contributed by atoms with Crippen molar-refractivity contribution in [2.45, 2.75) is 31.4 Å². The maximum absolute atomic E-state index is 13.1. The largest absolute Gasteiger partial charge is 0.395 e. The lowest BCUT2D eigenvalue weighted by molar-refractivity contribution is 0.0177. The molecule has 0 amide bonds. The Morgan fingerprint density at radius 1 is 1.26 bits per heavy atom. The van der Waals surface area contributed by atoms with Gasteiger partial charge in [0.2, 0.25) is 0 Å². The molecule has 1 aliphatic heterocycles. The maximum Gasteiger partial charge on any atom is 0.159 e. The van der Waals surface area contributed by atoms with Crippen molar-refractivity contribution in [1.82, 2.24) is 4.90 Å². The highest BCUT2D eigenvalue weighted by Gasteiger charge is 2.26. The van der Waals surface area contributed by atoms with Crippen molar-refractivity contribution in [1.29, 1.82) is 0 Å². The van der Waals surface area contributed by atoms with Gasteiger partial charge in [-0.15, -0.1) is 0 Å². The quantitative estimate of drug-likeness (QED) is 0.868. The van der Waals surface area contributed by atoms with Gasteiger partial charge in [0.25, 0.3) is 0 Å². The SMILES string of the molecule is OCC1CC(O)CCN1CCc1ccc(F)c(F)c1. The van der Waals surface area contributed by atoms with E-state index >= 15 is 0 Å². The van der Waals surface area contributed by atoms with Crippen LogP contribution in [0.4, 0.5) is 8.78 Å². The average molecular weight is 271 g/mol. The molecule has 1 aromatic carbocycles. The van der Waals surface area contributed by atoms with Crippen LogP contribution in [0.5, 0.6) is 0 Å². The first-order valence-electron chi connectivity index (χ1n) is 6.57. The Bertz CT molecular complexity index is 428. The second-order valence-electron chi connectivity index (χ2n) is 5.05. The third kappa shape index (κ3) is 3.72. The third-order valence-electron chi connectivity index (χ3n) is 3.69. The van der Waals surface area contributed by atoms with Gasteiger partial charge >= 0.3 is 0 Å². The van der Waals surface area contributed by atoms with E-state index in [-0.39, 0.29) is 18.8 Å². The van der Waals surface area contributed by atoms with Crippen LogP contribution in [0.15, 0.2) is 18.2 Å². The summed E-state index contributed by atoms with van der Waals surface area (Å²) in [6.07, 6.45) is 1.50. The molecule has 1 aliphatic rings. The molecule has 0 aliphatic carbocycles. The van der Waals surface area contributed by atoms with Crippen molar-refractivity contribution in [2.75, 3.05) is 19.7 Å². The molecule has 1 saturated heterocycles. The van der Waals surface area contributed by atoms with Crippen LogP contribution in [0.1, 0.15) is 18.4 Å². The van der Waals surface area contributed by atoms with Crippen LogP contribution < -0.4 is 0 Å². The number of hydrogen-bond donors (Lipinski definition) is 2. The molecule has 0 spiro atoms. The summed E-state index contributed by atoms with van der Waals surface area (Å²) in [6.45, 7) is 1.40. The number of rotatable bonds is 4. The summed E-state index contributed by atoms with van der Waals surface area (Å²) in [6, 6.07) is 3.87. The molecular formula is C14H19F2NO2. The summed E-state index contributed by atoms with van der Waals surface area (Å²) in [5, 5.41) is 18.8. The topological polar surface area (TPSA) is 43.7 Å². The fraction of sp³-hybridized carbons (Fsp3) is 0.571. The fourth-order valence-electron chi connectivity index (χ4n) is 2.53. The number of likely N-dealkylation sites (tertiary alicyclic amines) is 1. The summed E-state index contributed by atoms with van der Waals surface area (Å²) >= 11 is 0. The van der Waals surface area contributed by atoms with Gasteiger partial charge in [0.15, 0.2) is 11.6 Å². The first-order valence-corrected chi connectivity index (χ1v) is 6.57. The molecule has 2 rings (SSSR count). The molecule has 1 aromatic rings. The minimum Gasteiger partial charge on any atom is -0.395 e. The van der Waals surface area contributed by atoms with E-state index in [0.717, 1.165) is 18.2 Å². The van der Waals surface area contributed by atoms with E-state index < -0.39 is 11.6 Å². The molecule has 5 heteroatoms. The van der Waals surface area contributed by atoms with Crippen LogP contribution in [0.25, 0.3) is 0 Å². The Balaban J connectivity index is 1.92. The molecule has 3 nitrogen and oxygen atoms in total. The Labute approximate surface area is 111 Å². The third-order valence-corrected chi connectivity index (χ3v) is 3.69. The van der Waals surface area contributed by atoms with Crippen molar-refractivity contribution < 1.29 is 19.0 Å². The van der Waals surface area contributed by atoms with E-state index in [9.17, 15) is 19.0 Å². The molecular weight excluding hydrogens is 252 g/mol. The highest BCUT2D eigenvalue weighted by Crippen LogP contribution is 2.18. The Kier molecular flexibility index (Phi) is 4.85. The maximum atomic E-state index is 13.1. The molecule has 0 bridgehead atoms. The molecule has 1 heterocycles. The van der Waals surface area contributed by atoms with Crippen molar-refractivity contribution >= 4 is 0 Å². The van der Waals surface area contributed by atoms with Gasteiger partial charge in [0.05, 0.1) is 12.7 Å². The van der Waals surface area contributed by atoms with Crippen molar-refractivity contribution in [3.8, 4) is 0 Å². The fourth-order valence-corrected chi connectivity index (χ4v) is 2.53. The zero-order valence-electron chi connectivity index (χ0n) is 10.7. The van der Waals surface area contributed by atoms with E-state index in [1.54, 1.807) is 6.07 Å². The number of aliphatic hydroxyl groups excluding tert-OH is 2. The molecule has 1 fully saturated rings. The number of benzene rings is 1. The molecule has 2 unspecified atom stereocenters. The van der Waals surface area contributed by atoms with Gasteiger partial charge in [0, 0.05) is 19.1 Å². The van der Waals surface area contributed by atoms with E-state index in [4.69, 9.17) is 0 Å². The highest BCUT2D eigenvalue weighted by atomic mass is 19.2. The monoisotopic (exact) mass is 271 g/mol. The van der Waals surface area contributed by atoms with Crippen LogP contribution >= 0.6 is 0 Å². The van der Waals surface area contributed by atoms with Crippen molar-refractivity contribution in [2.24, 2.45) is 0 Å². The second-order valence-corrected chi connectivity index (χ2v) is 5.05. The number of hydrogen-bond acceptors (Lipinski definition) is 3. The smallest absolute Gasteiger partial charge is 0.159 e. The normalized spacial score (nSPS) is 24.6. The van der Waals surface area contributed by atoms with E-state index in [1.165, 1.54) is 6.07 Å². The van der Waals surface area contributed by atoms with Gasteiger partial charge in [-0.1, -0.05) is 6.07 Å². The molecule has 0 radical (unpaired) electrons. The first kappa shape index (κ1) is 14.4. The van der Waals surface area contributed by atoms with Gasteiger partial charge in [-0.05, 0) is 37.0 Å². The number of aliphatic hydroxyl groups is 2. The lowest BCUT2D eigenvalue weighted by Crippen LogP contribution is -2.47. The second kappa shape index (κ2) is 6.41. The van der Waals surface area contributed by atoms with Gasteiger partial charge in [-0.2, -0.15) is 0 Å². The summed E-state index contributed by atoms with van der Waals surface area (Å²) in [7, 11) is 0. The summed E-state index contributed by atoms with van der Waals surface area (Å²) in [5.74, 6) is -1.66. The lowest BCUT2D eigenvalue weighted by Gasteiger charge is -2.36. The lowest BCUT2D eigenvalue weighted by atomic mass is 9.99. The molecule has 2 N–H and O–H groups in total. The molecule has 19 heavy (non-hydrogen) atoms. The van der Waals surface area contributed by atoms with Gasteiger partial charge < -0.3 is 10.2 Å². The number of nitrogens with zero attached hydrogens (tertiary/aromatic N) is 1. The Hall–Kier alpha value is -1.04. The minimum atomic E-state index is -0.835. The van der Waals surface area contributed by atoms with E-state index in [0.29, 0.717) is 25.8 Å². The van der Waals surface area contributed by atoms with E-state index in [2.05, 4.69) is 4.90 Å². The zero-order valence-corrected chi connectivity index (χ0v) is 10.7. The van der Waals surface area contributed by atoms with Gasteiger partial charge in [-0.25, -0.2) is 8.78 Å². The first-order chi connectivity index (χ1) is 9.10. The predicted molar refractivity (Wildman–Crippen MR) is 67.7 cm³/mol. The minimum absolute atomic E-state index is 0.00877. The Morgan fingerprint density at radius 3 is 2.74 bits per heavy atom. The molecule has 0 saturated carbocycles. The van der Waals surface area contributed by atoms with Crippen LogP contribution in [0.3, 0.4) is 0 Å². The number of halogens is 2. The van der Waals surface area contributed by atoms with Crippen LogP contribution in [-0.2, 0) is 6.42 Å². The molecule has 2 atom stereocenters. The summed E-state index contributed by atoms with van der Waals surface area (Å²) in [4.78, 5) is 2.09. The predicted octanol–water partition coefficient (Wildman–Crippen LogP) is 1.32. The van der Waals surface area contributed by atoms with Crippen LogP contribution in [-0.4, -0.2) is 47.0 Å². The zero-order chi connectivity index (χ0) is 13.8. The van der Waals surface area contributed by atoms with Crippen molar-refractivity contribution in [3.63, 3.8) is 0 Å². The van der Waals surface area contributed by atoms with Gasteiger partial charge in [0.1, 0.15) is 0 Å². The van der Waals surface area contributed by atoms with Crippen LogP contribution in [0.2, 0.25) is 0 Å². The Morgan fingerprint density at radius 2 is 2.05 bits per heavy atom. The molecule has 0 aromatic heterocycles. The van der Waals surface area contributed by atoms with Crippen molar-refractivity contribution in [3.05, 3.63) is 35.4 Å². The van der Waals surface area contributed by atoms with Gasteiger partial charge in [-0.3, -0.25) is 4.90 Å². The number of piperidine rings is 1. The summed E-state index contributed by atoms with van der Waals surface area (Å²) in [5.41, 5.74) is 0.738.